The Hall–Kier alpha value is -0.890. The molecule has 11 heteroatoms. The predicted octanol–water partition coefficient (Wildman–Crippen LogP) is -0.608. The lowest BCUT2D eigenvalue weighted by Gasteiger charge is -2.24. The molecular weight excluding hydrogens is 464 g/mol. The SMILES string of the molecule is CCCCCCCCCCCC(=O)O[C@H](CO)[C@H]1OC[C@H](O)[C@H]1O.OC[C@@H](O)[C@H]1OC[C@H](O)[C@H]1O. The van der Waals surface area contributed by atoms with Gasteiger partial charge in [-0.05, 0) is 6.42 Å². The summed E-state index contributed by atoms with van der Waals surface area (Å²) in [5.74, 6) is -0.394. The predicted molar refractivity (Wildman–Crippen MR) is 125 cm³/mol. The summed E-state index contributed by atoms with van der Waals surface area (Å²) in [5, 5.41) is 64.0. The Morgan fingerprint density at radius 3 is 1.71 bits per heavy atom. The molecule has 0 saturated carbocycles. The second kappa shape index (κ2) is 18.4. The maximum Gasteiger partial charge on any atom is 0.306 e. The minimum absolute atomic E-state index is 0.00287. The molecule has 35 heavy (non-hydrogen) atoms. The van der Waals surface area contributed by atoms with Gasteiger partial charge in [0.15, 0.2) is 6.10 Å². The molecule has 0 aliphatic carbocycles. The van der Waals surface area contributed by atoms with Crippen LogP contribution in [0.2, 0.25) is 0 Å². The van der Waals surface area contributed by atoms with Gasteiger partial charge in [-0.15, -0.1) is 0 Å². The summed E-state index contributed by atoms with van der Waals surface area (Å²) in [6.45, 7) is 1.29. The Kier molecular flexibility index (Phi) is 16.9. The first kappa shape index (κ1) is 32.1. The van der Waals surface area contributed by atoms with Crippen molar-refractivity contribution >= 4 is 5.97 Å². The molecule has 0 aromatic carbocycles. The highest BCUT2D eigenvalue weighted by Gasteiger charge is 2.41. The van der Waals surface area contributed by atoms with E-state index in [2.05, 4.69) is 6.92 Å². The Bertz CT molecular complexity index is 550. The van der Waals surface area contributed by atoms with Gasteiger partial charge >= 0.3 is 5.97 Å². The molecule has 2 saturated heterocycles. The third-order valence-electron chi connectivity index (χ3n) is 6.26. The van der Waals surface area contributed by atoms with Crippen LogP contribution in [0, 0.1) is 0 Å². The molecule has 0 aromatic heterocycles. The van der Waals surface area contributed by atoms with Crippen molar-refractivity contribution in [1.82, 2.24) is 0 Å². The zero-order valence-electron chi connectivity index (χ0n) is 20.8. The van der Waals surface area contributed by atoms with E-state index in [1.807, 2.05) is 0 Å². The second-order valence-corrected chi connectivity index (χ2v) is 9.25. The number of aliphatic hydroxyl groups excluding tert-OH is 7. The summed E-state index contributed by atoms with van der Waals surface area (Å²) in [4.78, 5) is 11.8. The molecule has 0 aromatic rings. The lowest BCUT2D eigenvalue weighted by molar-refractivity contribution is -0.162. The minimum Gasteiger partial charge on any atom is -0.457 e. The third kappa shape index (κ3) is 11.8. The van der Waals surface area contributed by atoms with E-state index < -0.39 is 68.0 Å². The number of unbranched alkanes of at least 4 members (excludes halogenated alkanes) is 8. The van der Waals surface area contributed by atoms with Crippen LogP contribution in [-0.4, -0.2) is 117 Å². The lowest BCUT2D eigenvalue weighted by atomic mass is 10.1. The summed E-state index contributed by atoms with van der Waals surface area (Å²) in [7, 11) is 0. The summed E-state index contributed by atoms with van der Waals surface area (Å²) < 4.78 is 15.2. The van der Waals surface area contributed by atoms with Crippen LogP contribution in [0.4, 0.5) is 0 Å². The number of carbonyl (C=O) groups excluding carboxylic acids is 1. The fourth-order valence-corrected chi connectivity index (χ4v) is 4.04. The molecule has 2 rings (SSSR count). The topological polar surface area (TPSA) is 186 Å². The highest BCUT2D eigenvalue weighted by Crippen LogP contribution is 2.20. The fourth-order valence-electron chi connectivity index (χ4n) is 4.04. The van der Waals surface area contributed by atoms with Gasteiger partial charge in [0.25, 0.3) is 0 Å². The second-order valence-electron chi connectivity index (χ2n) is 9.25. The van der Waals surface area contributed by atoms with Gasteiger partial charge in [0.2, 0.25) is 0 Å². The quantitative estimate of drug-likeness (QED) is 0.110. The summed E-state index contributed by atoms with van der Waals surface area (Å²) in [6.07, 6.45) is 2.87. The molecule has 0 radical (unpaired) electrons. The van der Waals surface area contributed by atoms with Gasteiger partial charge in [-0.3, -0.25) is 4.79 Å². The number of esters is 1. The minimum atomic E-state index is -1.14. The van der Waals surface area contributed by atoms with E-state index in [1.165, 1.54) is 38.5 Å². The van der Waals surface area contributed by atoms with Gasteiger partial charge in [0.1, 0.15) is 42.7 Å². The third-order valence-corrected chi connectivity index (χ3v) is 6.26. The number of ether oxygens (including phenoxy) is 3. The summed E-state index contributed by atoms with van der Waals surface area (Å²) >= 11 is 0. The molecule has 0 spiro atoms. The number of carbonyl (C=O) groups is 1. The largest absolute Gasteiger partial charge is 0.457 e. The highest BCUT2D eigenvalue weighted by molar-refractivity contribution is 5.69. The van der Waals surface area contributed by atoms with Crippen molar-refractivity contribution < 1.29 is 54.8 Å². The van der Waals surface area contributed by atoms with Crippen LogP contribution in [-0.2, 0) is 19.0 Å². The normalized spacial score (nSPS) is 29.9. The van der Waals surface area contributed by atoms with E-state index in [0.29, 0.717) is 6.42 Å². The summed E-state index contributed by atoms with van der Waals surface area (Å²) in [5.41, 5.74) is 0. The molecule has 8 atom stereocenters. The van der Waals surface area contributed by atoms with Crippen LogP contribution >= 0.6 is 0 Å². The van der Waals surface area contributed by atoms with Gasteiger partial charge < -0.3 is 50.0 Å². The van der Waals surface area contributed by atoms with Crippen molar-refractivity contribution in [3.63, 3.8) is 0 Å². The molecule has 0 unspecified atom stereocenters. The van der Waals surface area contributed by atoms with E-state index in [0.717, 1.165) is 19.3 Å². The van der Waals surface area contributed by atoms with E-state index in [-0.39, 0.29) is 13.2 Å². The molecule has 7 N–H and O–H groups in total. The maximum atomic E-state index is 11.8. The Morgan fingerprint density at radius 2 is 1.29 bits per heavy atom. The van der Waals surface area contributed by atoms with E-state index >= 15 is 0 Å². The van der Waals surface area contributed by atoms with Gasteiger partial charge in [-0.1, -0.05) is 58.3 Å². The maximum absolute atomic E-state index is 11.8. The Morgan fingerprint density at radius 1 is 0.800 bits per heavy atom. The van der Waals surface area contributed by atoms with Gasteiger partial charge in [-0.25, -0.2) is 0 Å². The molecule has 2 heterocycles. The lowest BCUT2D eigenvalue weighted by Crippen LogP contribution is -2.43. The van der Waals surface area contributed by atoms with Crippen molar-refractivity contribution in [3.05, 3.63) is 0 Å². The van der Waals surface area contributed by atoms with E-state index in [9.17, 15) is 20.1 Å². The van der Waals surface area contributed by atoms with Crippen LogP contribution in [0.15, 0.2) is 0 Å². The number of rotatable bonds is 15. The van der Waals surface area contributed by atoms with Crippen LogP contribution in [0.5, 0.6) is 0 Å². The molecule has 0 bridgehead atoms. The molecular formula is C24H46O11. The number of aliphatic hydroxyl groups is 7. The van der Waals surface area contributed by atoms with Crippen molar-refractivity contribution in [1.29, 1.82) is 0 Å². The van der Waals surface area contributed by atoms with E-state index in [1.54, 1.807) is 0 Å². The first-order valence-electron chi connectivity index (χ1n) is 12.8. The van der Waals surface area contributed by atoms with Gasteiger partial charge in [0, 0.05) is 6.42 Å². The Balaban J connectivity index is 0.000000462. The molecule has 2 aliphatic heterocycles. The first-order valence-corrected chi connectivity index (χ1v) is 12.8. The van der Waals surface area contributed by atoms with Crippen LogP contribution < -0.4 is 0 Å². The van der Waals surface area contributed by atoms with Crippen molar-refractivity contribution in [2.45, 2.75) is 120 Å². The van der Waals surface area contributed by atoms with Crippen LogP contribution in [0.1, 0.15) is 71.1 Å². The van der Waals surface area contributed by atoms with Crippen molar-refractivity contribution in [2.24, 2.45) is 0 Å². The van der Waals surface area contributed by atoms with Gasteiger partial charge in [-0.2, -0.15) is 0 Å². The number of hydrogen-bond acceptors (Lipinski definition) is 11. The van der Waals surface area contributed by atoms with E-state index in [4.69, 9.17) is 34.6 Å². The highest BCUT2D eigenvalue weighted by atomic mass is 16.6. The average Bonchev–Trinajstić information content (AvgIpc) is 3.37. The average molecular weight is 511 g/mol. The van der Waals surface area contributed by atoms with Gasteiger partial charge in [0.05, 0.1) is 26.4 Å². The smallest absolute Gasteiger partial charge is 0.306 e. The first-order chi connectivity index (χ1) is 16.8. The molecule has 208 valence electrons. The molecule has 2 fully saturated rings. The van der Waals surface area contributed by atoms with Crippen LogP contribution in [0.3, 0.4) is 0 Å². The zero-order valence-corrected chi connectivity index (χ0v) is 20.8. The van der Waals surface area contributed by atoms with Crippen molar-refractivity contribution in [2.75, 3.05) is 26.4 Å². The summed E-state index contributed by atoms with van der Waals surface area (Å²) in [6, 6.07) is 0. The molecule has 2 aliphatic rings. The fraction of sp³-hybridized carbons (Fsp3) is 0.958. The van der Waals surface area contributed by atoms with Crippen LogP contribution in [0.25, 0.3) is 0 Å². The number of hydrogen-bond donors (Lipinski definition) is 7. The zero-order chi connectivity index (χ0) is 26.2. The standard InChI is InChI=1S/C18H34O6.C6H12O5/c1-2-3-4-5-6-7-8-9-10-11-16(21)24-15(12-19)18-17(22)14(20)13-23-18;7-1-3(8)6-5(10)4(9)2-11-6/h14-15,17-20,22H,2-13H2,1H3;3-10H,1-2H2/t14-,15+,17+,18+;3-,4+,5-,6-/m01/s1. The monoisotopic (exact) mass is 510 g/mol. The van der Waals surface area contributed by atoms with Crippen molar-refractivity contribution in [3.8, 4) is 0 Å². The molecule has 0 amide bonds. The Labute approximate surface area is 207 Å². The molecule has 11 nitrogen and oxygen atoms in total.